The van der Waals surface area contributed by atoms with Gasteiger partial charge in [-0.1, -0.05) is 41.5 Å². The van der Waals surface area contributed by atoms with E-state index in [0.29, 0.717) is 16.7 Å². The van der Waals surface area contributed by atoms with Crippen molar-refractivity contribution in [1.82, 2.24) is 0 Å². The van der Waals surface area contributed by atoms with E-state index in [2.05, 4.69) is 0 Å². The standard InChI is InChI=1S/C18H28O4/c1-11(10-19)22-16(21)12-8-13(17(2,3)4)15(20)14(9-12)18(5,6)7/h8-9,11,19-20H,10H2,1-7H3. The van der Waals surface area contributed by atoms with Gasteiger partial charge >= 0.3 is 5.97 Å². The third-order valence-corrected chi connectivity index (χ3v) is 3.53. The molecule has 4 nitrogen and oxygen atoms in total. The molecule has 1 unspecified atom stereocenters. The van der Waals surface area contributed by atoms with Gasteiger partial charge in [0, 0.05) is 11.1 Å². The molecule has 0 saturated carbocycles. The zero-order valence-corrected chi connectivity index (χ0v) is 14.7. The van der Waals surface area contributed by atoms with E-state index < -0.39 is 12.1 Å². The molecule has 22 heavy (non-hydrogen) atoms. The number of esters is 1. The van der Waals surface area contributed by atoms with Gasteiger partial charge in [-0.2, -0.15) is 0 Å². The van der Waals surface area contributed by atoms with Crippen LogP contribution < -0.4 is 0 Å². The van der Waals surface area contributed by atoms with E-state index in [1.165, 1.54) is 0 Å². The maximum atomic E-state index is 12.3. The van der Waals surface area contributed by atoms with Gasteiger partial charge in [-0.25, -0.2) is 4.79 Å². The Morgan fingerprint density at radius 1 is 1.09 bits per heavy atom. The number of aliphatic hydroxyl groups excluding tert-OH is 1. The topological polar surface area (TPSA) is 66.8 Å². The Hall–Kier alpha value is -1.55. The fraction of sp³-hybridized carbons (Fsp3) is 0.611. The lowest BCUT2D eigenvalue weighted by molar-refractivity contribution is 0.0196. The van der Waals surface area contributed by atoms with Crippen molar-refractivity contribution in [3.8, 4) is 5.75 Å². The summed E-state index contributed by atoms with van der Waals surface area (Å²) in [5.41, 5.74) is 1.21. The number of carbonyl (C=O) groups is 1. The highest BCUT2D eigenvalue weighted by Crippen LogP contribution is 2.39. The molecular formula is C18H28O4. The number of rotatable bonds is 3. The van der Waals surface area contributed by atoms with Crippen LogP contribution in [-0.2, 0) is 15.6 Å². The van der Waals surface area contributed by atoms with E-state index in [-0.39, 0.29) is 23.2 Å². The lowest BCUT2D eigenvalue weighted by Gasteiger charge is -2.28. The van der Waals surface area contributed by atoms with Crippen LogP contribution >= 0.6 is 0 Å². The Balaban J connectivity index is 3.45. The highest BCUT2D eigenvalue weighted by Gasteiger charge is 2.28. The average Bonchev–Trinajstić information content (AvgIpc) is 2.35. The summed E-state index contributed by atoms with van der Waals surface area (Å²) < 4.78 is 5.19. The molecule has 0 fully saturated rings. The van der Waals surface area contributed by atoms with Crippen LogP contribution in [-0.4, -0.2) is 28.9 Å². The predicted octanol–water partition coefficient (Wildman–Crippen LogP) is 3.52. The zero-order chi connectivity index (χ0) is 17.3. The molecule has 1 atom stereocenters. The molecule has 0 amide bonds. The first-order valence-electron chi connectivity index (χ1n) is 7.57. The predicted molar refractivity (Wildman–Crippen MR) is 87.5 cm³/mol. The molecule has 124 valence electrons. The van der Waals surface area contributed by atoms with Crippen molar-refractivity contribution in [2.45, 2.75) is 65.4 Å². The van der Waals surface area contributed by atoms with Crippen molar-refractivity contribution < 1.29 is 19.7 Å². The van der Waals surface area contributed by atoms with Gasteiger partial charge in [0.15, 0.2) is 0 Å². The largest absolute Gasteiger partial charge is 0.507 e. The number of carbonyl (C=O) groups excluding carboxylic acids is 1. The van der Waals surface area contributed by atoms with E-state index in [1.54, 1.807) is 19.1 Å². The number of ether oxygens (including phenoxy) is 1. The van der Waals surface area contributed by atoms with Gasteiger partial charge in [-0.3, -0.25) is 0 Å². The lowest BCUT2D eigenvalue weighted by Crippen LogP contribution is -2.22. The molecule has 0 aromatic heterocycles. The van der Waals surface area contributed by atoms with Crippen LogP contribution in [0.1, 0.15) is 70.0 Å². The van der Waals surface area contributed by atoms with Crippen molar-refractivity contribution >= 4 is 5.97 Å². The fourth-order valence-corrected chi connectivity index (χ4v) is 2.18. The number of benzene rings is 1. The number of hydrogen-bond acceptors (Lipinski definition) is 4. The summed E-state index contributed by atoms with van der Waals surface area (Å²) in [7, 11) is 0. The summed E-state index contributed by atoms with van der Waals surface area (Å²) in [5, 5.41) is 19.6. The molecular weight excluding hydrogens is 280 g/mol. The molecule has 0 radical (unpaired) electrons. The number of phenols is 1. The molecule has 0 saturated heterocycles. The highest BCUT2D eigenvalue weighted by molar-refractivity contribution is 5.90. The maximum Gasteiger partial charge on any atom is 0.338 e. The van der Waals surface area contributed by atoms with E-state index in [9.17, 15) is 9.90 Å². The number of phenolic OH excluding ortho intramolecular Hbond substituents is 1. The van der Waals surface area contributed by atoms with Crippen molar-refractivity contribution in [3.63, 3.8) is 0 Å². The monoisotopic (exact) mass is 308 g/mol. The molecule has 0 aliphatic heterocycles. The minimum absolute atomic E-state index is 0.220. The normalized spacial score (nSPS) is 13.8. The van der Waals surface area contributed by atoms with Gasteiger partial charge in [0.05, 0.1) is 12.2 Å². The van der Waals surface area contributed by atoms with E-state index in [1.807, 2.05) is 41.5 Å². The van der Waals surface area contributed by atoms with E-state index >= 15 is 0 Å². The maximum absolute atomic E-state index is 12.3. The molecule has 1 aromatic carbocycles. The number of aliphatic hydroxyl groups is 1. The number of aromatic hydroxyl groups is 1. The fourth-order valence-electron chi connectivity index (χ4n) is 2.18. The Bertz CT molecular complexity index is 512. The highest BCUT2D eigenvalue weighted by atomic mass is 16.5. The minimum Gasteiger partial charge on any atom is -0.507 e. The van der Waals surface area contributed by atoms with Crippen LogP contribution in [0, 0.1) is 0 Å². The first kappa shape index (κ1) is 18.5. The van der Waals surface area contributed by atoms with Crippen molar-refractivity contribution in [1.29, 1.82) is 0 Å². The third-order valence-electron chi connectivity index (χ3n) is 3.53. The molecule has 0 aliphatic carbocycles. The Morgan fingerprint density at radius 2 is 1.50 bits per heavy atom. The van der Waals surface area contributed by atoms with Crippen LogP contribution in [0.5, 0.6) is 5.75 Å². The molecule has 4 heteroatoms. The molecule has 0 heterocycles. The lowest BCUT2D eigenvalue weighted by atomic mass is 9.78. The zero-order valence-electron chi connectivity index (χ0n) is 14.7. The average molecular weight is 308 g/mol. The summed E-state index contributed by atoms with van der Waals surface area (Å²) in [6.07, 6.45) is -0.558. The second kappa shape index (κ2) is 6.29. The second-order valence-electron chi connectivity index (χ2n) is 7.82. The SMILES string of the molecule is CC(CO)OC(=O)c1cc(C(C)(C)C)c(O)c(C(C)(C)C)c1. The minimum atomic E-state index is -0.558. The first-order chi connectivity index (χ1) is 9.87. The van der Waals surface area contributed by atoms with Gasteiger partial charge in [0.25, 0.3) is 0 Å². The summed E-state index contributed by atoms with van der Waals surface area (Å²) >= 11 is 0. The first-order valence-corrected chi connectivity index (χ1v) is 7.57. The third kappa shape index (κ3) is 4.23. The van der Waals surface area contributed by atoms with Gasteiger partial charge in [0.1, 0.15) is 11.9 Å². The van der Waals surface area contributed by atoms with E-state index in [0.717, 1.165) is 0 Å². The Labute approximate surface area is 133 Å². The van der Waals surface area contributed by atoms with Crippen molar-refractivity contribution in [2.24, 2.45) is 0 Å². The van der Waals surface area contributed by atoms with Crippen molar-refractivity contribution in [2.75, 3.05) is 6.61 Å². The van der Waals surface area contributed by atoms with Gasteiger partial charge in [-0.15, -0.1) is 0 Å². The van der Waals surface area contributed by atoms with Crippen LogP contribution in [0.3, 0.4) is 0 Å². The molecule has 1 aromatic rings. The Morgan fingerprint density at radius 3 is 1.82 bits per heavy atom. The summed E-state index contributed by atoms with van der Waals surface area (Å²) in [5.74, 6) is -0.260. The van der Waals surface area contributed by atoms with Gasteiger partial charge in [-0.05, 0) is 29.9 Å². The van der Waals surface area contributed by atoms with Crippen molar-refractivity contribution in [3.05, 3.63) is 28.8 Å². The molecule has 1 rings (SSSR count). The quantitative estimate of drug-likeness (QED) is 0.838. The second-order valence-corrected chi connectivity index (χ2v) is 7.82. The summed E-state index contributed by atoms with van der Waals surface area (Å²) in [6.45, 7) is 13.3. The summed E-state index contributed by atoms with van der Waals surface area (Å²) in [4.78, 5) is 12.3. The van der Waals surface area contributed by atoms with Crippen LogP contribution in [0.4, 0.5) is 0 Å². The molecule has 0 spiro atoms. The number of hydrogen-bond donors (Lipinski definition) is 2. The Kier molecular flexibility index (Phi) is 5.29. The van der Waals surface area contributed by atoms with Crippen LogP contribution in [0.15, 0.2) is 12.1 Å². The van der Waals surface area contributed by atoms with Gasteiger partial charge in [0.2, 0.25) is 0 Å². The van der Waals surface area contributed by atoms with E-state index in [4.69, 9.17) is 9.84 Å². The smallest absolute Gasteiger partial charge is 0.338 e. The molecule has 2 N–H and O–H groups in total. The summed E-state index contributed by atoms with van der Waals surface area (Å²) in [6, 6.07) is 3.36. The molecule has 0 bridgehead atoms. The van der Waals surface area contributed by atoms with Crippen LogP contribution in [0.2, 0.25) is 0 Å². The van der Waals surface area contributed by atoms with Crippen LogP contribution in [0.25, 0.3) is 0 Å². The van der Waals surface area contributed by atoms with Gasteiger partial charge < -0.3 is 14.9 Å². The molecule has 0 aliphatic rings.